The van der Waals surface area contributed by atoms with Crippen LogP contribution in [0.2, 0.25) is 0 Å². The third-order valence-corrected chi connectivity index (χ3v) is 2.81. The summed E-state index contributed by atoms with van der Waals surface area (Å²) in [4.78, 5) is 13.1. The average molecular weight is 189 g/mol. The first-order valence-electron chi connectivity index (χ1n) is 4.20. The molecule has 2 atom stereocenters. The maximum atomic E-state index is 11.3. The van der Waals surface area contributed by atoms with Gasteiger partial charge in [-0.15, -0.1) is 0 Å². The summed E-state index contributed by atoms with van der Waals surface area (Å²) in [6.07, 6.45) is 0.591. The third kappa shape index (κ3) is 1.93. The first-order chi connectivity index (χ1) is 5.69. The monoisotopic (exact) mass is 189 g/mol. The number of amides is 1. The van der Waals surface area contributed by atoms with Crippen molar-refractivity contribution in [1.82, 2.24) is 4.90 Å². The molecule has 0 aromatic rings. The summed E-state index contributed by atoms with van der Waals surface area (Å²) in [5.74, 6) is 1.27. The van der Waals surface area contributed by atoms with Crippen LogP contribution in [-0.2, 0) is 4.79 Å². The van der Waals surface area contributed by atoms with Crippen LogP contribution in [0.4, 0.5) is 0 Å². The average Bonchev–Trinajstić information content (AvgIpc) is 2.45. The Bertz CT molecular complexity index is 174. The standard InChI is InChI=1S/C8H15NO2S/c1-6(4-10)9-3-7(5-12)2-8(9)11/h6-7,10,12H,2-5H2,1H3. The van der Waals surface area contributed by atoms with Crippen molar-refractivity contribution in [3.8, 4) is 0 Å². The van der Waals surface area contributed by atoms with Crippen LogP contribution < -0.4 is 0 Å². The van der Waals surface area contributed by atoms with Crippen molar-refractivity contribution < 1.29 is 9.90 Å². The van der Waals surface area contributed by atoms with Crippen LogP contribution in [0.1, 0.15) is 13.3 Å². The summed E-state index contributed by atoms with van der Waals surface area (Å²) in [5, 5.41) is 8.86. The van der Waals surface area contributed by atoms with Gasteiger partial charge < -0.3 is 10.0 Å². The highest BCUT2D eigenvalue weighted by Crippen LogP contribution is 2.20. The molecule has 12 heavy (non-hydrogen) atoms. The number of carbonyl (C=O) groups excluding carboxylic acids is 1. The van der Waals surface area contributed by atoms with E-state index in [1.54, 1.807) is 4.90 Å². The van der Waals surface area contributed by atoms with E-state index in [0.29, 0.717) is 12.3 Å². The van der Waals surface area contributed by atoms with E-state index >= 15 is 0 Å². The molecule has 4 heteroatoms. The third-order valence-electron chi connectivity index (χ3n) is 2.29. The lowest BCUT2D eigenvalue weighted by atomic mass is 10.1. The summed E-state index contributed by atoms with van der Waals surface area (Å²) in [5.41, 5.74) is 0. The lowest BCUT2D eigenvalue weighted by Crippen LogP contribution is -2.36. The molecule has 0 saturated carbocycles. The topological polar surface area (TPSA) is 40.5 Å². The number of rotatable bonds is 3. The lowest BCUT2D eigenvalue weighted by Gasteiger charge is -2.22. The Morgan fingerprint density at radius 2 is 2.50 bits per heavy atom. The van der Waals surface area contributed by atoms with Crippen molar-refractivity contribution in [2.45, 2.75) is 19.4 Å². The number of hydrogen-bond donors (Lipinski definition) is 2. The quantitative estimate of drug-likeness (QED) is 0.620. The van der Waals surface area contributed by atoms with Crippen molar-refractivity contribution in [2.75, 3.05) is 18.9 Å². The predicted octanol–water partition coefficient (Wildman–Crippen LogP) is 0.146. The highest BCUT2D eigenvalue weighted by atomic mass is 32.1. The summed E-state index contributed by atoms with van der Waals surface area (Å²) in [6, 6.07) is -0.0395. The molecule has 1 aliphatic rings. The number of carbonyl (C=O) groups is 1. The van der Waals surface area contributed by atoms with Gasteiger partial charge in [0, 0.05) is 13.0 Å². The molecule has 0 spiro atoms. The zero-order chi connectivity index (χ0) is 9.14. The van der Waals surface area contributed by atoms with E-state index in [1.807, 2.05) is 6.92 Å². The fraction of sp³-hybridized carbons (Fsp3) is 0.875. The van der Waals surface area contributed by atoms with Gasteiger partial charge in [0.2, 0.25) is 5.91 Å². The lowest BCUT2D eigenvalue weighted by molar-refractivity contribution is -0.130. The maximum Gasteiger partial charge on any atom is 0.223 e. The second kappa shape index (κ2) is 4.14. The molecule has 1 N–H and O–H groups in total. The molecular weight excluding hydrogens is 174 g/mol. The molecule has 3 nitrogen and oxygen atoms in total. The second-order valence-corrected chi connectivity index (χ2v) is 3.70. The van der Waals surface area contributed by atoms with Crippen molar-refractivity contribution in [1.29, 1.82) is 0 Å². The molecule has 1 saturated heterocycles. The Morgan fingerprint density at radius 1 is 1.83 bits per heavy atom. The molecule has 0 bridgehead atoms. The van der Waals surface area contributed by atoms with Gasteiger partial charge in [0.15, 0.2) is 0 Å². The molecule has 0 radical (unpaired) electrons. The Kier molecular flexibility index (Phi) is 3.40. The maximum absolute atomic E-state index is 11.3. The van der Waals surface area contributed by atoms with Crippen LogP contribution in [0.25, 0.3) is 0 Å². The molecular formula is C8H15NO2S. The number of hydrogen-bond acceptors (Lipinski definition) is 3. The van der Waals surface area contributed by atoms with Crippen LogP contribution >= 0.6 is 12.6 Å². The SMILES string of the molecule is CC(CO)N1CC(CS)CC1=O. The van der Waals surface area contributed by atoms with E-state index in [9.17, 15) is 4.79 Å². The number of aliphatic hydroxyl groups is 1. The van der Waals surface area contributed by atoms with Crippen molar-refractivity contribution in [2.24, 2.45) is 5.92 Å². The van der Waals surface area contributed by atoms with E-state index in [0.717, 1.165) is 12.3 Å². The summed E-state index contributed by atoms with van der Waals surface area (Å²) in [6.45, 7) is 2.66. The van der Waals surface area contributed by atoms with Crippen LogP contribution in [-0.4, -0.2) is 40.9 Å². The fourth-order valence-corrected chi connectivity index (χ4v) is 1.70. The van der Waals surface area contributed by atoms with Gasteiger partial charge in [-0.3, -0.25) is 4.79 Å². The first kappa shape index (κ1) is 9.86. The largest absolute Gasteiger partial charge is 0.394 e. The second-order valence-electron chi connectivity index (χ2n) is 3.33. The van der Waals surface area contributed by atoms with Gasteiger partial charge in [0.05, 0.1) is 12.6 Å². The van der Waals surface area contributed by atoms with Crippen molar-refractivity contribution in [3.63, 3.8) is 0 Å². The molecule has 0 aliphatic carbocycles. The van der Waals surface area contributed by atoms with Gasteiger partial charge in [0.25, 0.3) is 0 Å². The van der Waals surface area contributed by atoms with E-state index in [2.05, 4.69) is 12.6 Å². The predicted molar refractivity (Wildman–Crippen MR) is 50.2 cm³/mol. The Balaban J connectivity index is 2.51. The Labute approximate surface area is 78.2 Å². The smallest absolute Gasteiger partial charge is 0.223 e. The summed E-state index contributed by atoms with van der Waals surface area (Å²) >= 11 is 4.15. The highest BCUT2D eigenvalue weighted by molar-refractivity contribution is 7.80. The van der Waals surface area contributed by atoms with E-state index in [1.165, 1.54) is 0 Å². The molecule has 2 unspecified atom stereocenters. The Hall–Kier alpha value is -0.220. The van der Waals surface area contributed by atoms with Crippen LogP contribution in [0.5, 0.6) is 0 Å². The van der Waals surface area contributed by atoms with Gasteiger partial charge in [-0.2, -0.15) is 12.6 Å². The number of nitrogens with zero attached hydrogens (tertiary/aromatic N) is 1. The minimum Gasteiger partial charge on any atom is -0.394 e. The summed E-state index contributed by atoms with van der Waals surface area (Å²) in [7, 11) is 0. The molecule has 1 rings (SSSR count). The number of aliphatic hydroxyl groups excluding tert-OH is 1. The van der Waals surface area contributed by atoms with Crippen molar-refractivity contribution >= 4 is 18.5 Å². The molecule has 70 valence electrons. The van der Waals surface area contributed by atoms with Crippen LogP contribution in [0.15, 0.2) is 0 Å². The van der Waals surface area contributed by atoms with E-state index in [-0.39, 0.29) is 18.6 Å². The van der Waals surface area contributed by atoms with Crippen LogP contribution in [0, 0.1) is 5.92 Å². The van der Waals surface area contributed by atoms with Gasteiger partial charge in [-0.25, -0.2) is 0 Å². The highest BCUT2D eigenvalue weighted by Gasteiger charge is 2.31. The molecule has 1 fully saturated rings. The zero-order valence-corrected chi connectivity index (χ0v) is 8.13. The first-order valence-corrected chi connectivity index (χ1v) is 4.83. The van der Waals surface area contributed by atoms with E-state index < -0.39 is 0 Å². The molecule has 1 aliphatic heterocycles. The van der Waals surface area contributed by atoms with Gasteiger partial charge in [0.1, 0.15) is 0 Å². The van der Waals surface area contributed by atoms with E-state index in [4.69, 9.17) is 5.11 Å². The Morgan fingerprint density at radius 3 is 2.92 bits per heavy atom. The van der Waals surface area contributed by atoms with Crippen molar-refractivity contribution in [3.05, 3.63) is 0 Å². The molecule has 1 heterocycles. The zero-order valence-electron chi connectivity index (χ0n) is 7.23. The number of thiol groups is 1. The minimum atomic E-state index is -0.0395. The van der Waals surface area contributed by atoms with Gasteiger partial charge in [-0.1, -0.05) is 0 Å². The molecule has 1 amide bonds. The fourth-order valence-electron chi connectivity index (χ4n) is 1.46. The van der Waals surface area contributed by atoms with Gasteiger partial charge in [-0.05, 0) is 18.6 Å². The van der Waals surface area contributed by atoms with Gasteiger partial charge >= 0.3 is 0 Å². The molecule has 0 aromatic carbocycles. The number of likely N-dealkylation sites (tertiary alicyclic amines) is 1. The summed E-state index contributed by atoms with van der Waals surface area (Å²) < 4.78 is 0. The normalized spacial score (nSPS) is 26.4. The van der Waals surface area contributed by atoms with Crippen LogP contribution in [0.3, 0.4) is 0 Å². The molecule has 0 aromatic heterocycles. The minimum absolute atomic E-state index is 0.0395.